The molecule has 0 aliphatic heterocycles. The van der Waals surface area contributed by atoms with Gasteiger partial charge < -0.3 is 15.4 Å². The molecule has 0 bridgehead atoms. The first-order valence-corrected chi connectivity index (χ1v) is 11.2. The predicted octanol–water partition coefficient (Wildman–Crippen LogP) is 4.69. The first-order chi connectivity index (χ1) is 14.1. The highest BCUT2D eigenvalue weighted by Gasteiger charge is 2.37. The van der Waals surface area contributed by atoms with Gasteiger partial charge in [-0.25, -0.2) is 4.79 Å². The maximum atomic E-state index is 12.9. The van der Waals surface area contributed by atoms with Gasteiger partial charge in [-0.05, 0) is 66.3 Å². The smallest absolute Gasteiger partial charge is 0.436 e. The molecule has 2 aromatic heterocycles. The summed E-state index contributed by atoms with van der Waals surface area (Å²) in [6.07, 6.45) is -1.19. The normalized spacial score (nSPS) is 13.3. The van der Waals surface area contributed by atoms with Crippen LogP contribution in [0.5, 0.6) is 0 Å². The number of thiocarbonyl (C=S) groups is 1. The van der Waals surface area contributed by atoms with Crippen molar-refractivity contribution in [2.24, 2.45) is 0 Å². The molecule has 2 N–H and O–H groups in total. The Morgan fingerprint density at radius 2 is 2.13 bits per heavy atom. The summed E-state index contributed by atoms with van der Waals surface area (Å²) in [5.74, 6) is -0.389. The van der Waals surface area contributed by atoms with E-state index in [9.17, 15) is 18.0 Å². The summed E-state index contributed by atoms with van der Waals surface area (Å²) in [6, 6.07) is 0. The van der Waals surface area contributed by atoms with Gasteiger partial charge in [0.05, 0.1) is 22.8 Å². The lowest BCUT2D eigenvalue weighted by atomic mass is 10.1. The average Bonchev–Trinajstić information content (AvgIpc) is 3.33. The number of carbonyl (C=O) groups excluding carboxylic acids is 1. The third-order valence-corrected chi connectivity index (χ3v) is 7.18. The zero-order chi connectivity index (χ0) is 22.1. The van der Waals surface area contributed by atoms with E-state index in [1.165, 1.54) is 28.0 Å². The number of rotatable bonds is 6. The number of halogens is 4. The monoisotopic (exact) mass is 524 g/mol. The Kier molecular flexibility index (Phi) is 7.08. The summed E-state index contributed by atoms with van der Waals surface area (Å²) in [6.45, 7) is 2.32. The number of anilines is 1. The Balaban J connectivity index is 1.55. The van der Waals surface area contributed by atoms with Gasteiger partial charge in [-0.1, -0.05) is 0 Å². The fourth-order valence-corrected chi connectivity index (χ4v) is 5.37. The lowest BCUT2D eigenvalue weighted by Crippen LogP contribution is -2.30. The zero-order valence-electron chi connectivity index (χ0n) is 16.3. The second kappa shape index (κ2) is 9.23. The second-order valence-electron chi connectivity index (χ2n) is 6.76. The molecule has 2 heterocycles. The number of methoxy groups -OCH3 is 1. The number of esters is 1. The minimum atomic E-state index is -4.50. The van der Waals surface area contributed by atoms with Crippen LogP contribution in [0.25, 0.3) is 0 Å². The lowest BCUT2D eigenvalue weighted by molar-refractivity contribution is -0.142. The molecule has 0 amide bonds. The van der Waals surface area contributed by atoms with Gasteiger partial charge in [0.1, 0.15) is 5.00 Å². The highest BCUT2D eigenvalue weighted by atomic mass is 79.9. The SMILES string of the molecule is COC(=O)c1c(NC(=S)NCCCn2nc(C(F)(F)F)c(Br)c2C)sc2c1CCC2. The van der Waals surface area contributed by atoms with Crippen molar-refractivity contribution < 1.29 is 22.7 Å². The molecule has 3 rings (SSSR count). The highest BCUT2D eigenvalue weighted by Crippen LogP contribution is 2.39. The van der Waals surface area contributed by atoms with E-state index in [2.05, 4.69) is 31.7 Å². The molecule has 0 saturated heterocycles. The van der Waals surface area contributed by atoms with Gasteiger partial charge in [0.2, 0.25) is 0 Å². The topological polar surface area (TPSA) is 68.2 Å². The summed E-state index contributed by atoms with van der Waals surface area (Å²) >= 11 is 9.77. The first-order valence-electron chi connectivity index (χ1n) is 9.21. The van der Waals surface area contributed by atoms with E-state index in [4.69, 9.17) is 17.0 Å². The van der Waals surface area contributed by atoms with Crippen molar-refractivity contribution in [3.8, 4) is 0 Å². The molecule has 0 radical (unpaired) electrons. The Bertz CT molecular complexity index is 972. The summed E-state index contributed by atoms with van der Waals surface area (Å²) < 4.78 is 45.0. The fourth-order valence-electron chi connectivity index (χ4n) is 3.31. The molecule has 0 fully saturated rings. The number of fused-ring (bicyclic) bond motifs is 1. The Morgan fingerprint density at radius 3 is 2.77 bits per heavy atom. The standard InChI is InChI=1S/C18H20BrF3N4O2S2/c1-9-13(19)14(18(20,21)22)25-26(9)8-4-7-23-17(29)24-15-12(16(27)28-2)10-5-3-6-11(10)30-15/h3-8H2,1-2H3,(H2,23,24,29). The van der Waals surface area contributed by atoms with Gasteiger partial charge in [-0.15, -0.1) is 11.3 Å². The molecule has 12 heteroatoms. The number of aromatic nitrogens is 2. The number of alkyl halides is 3. The Labute approximate surface area is 189 Å². The molecule has 1 aliphatic rings. The molecule has 2 aromatic rings. The Hall–Kier alpha value is -1.66. The molecule has 0 atom stereocenters. The van der Waals surface area contributed by atoms with Crippen molar-refractivity contribution in [3.63, 3.8) is 0 Å². The molecule has 0 unspecified atom stereocenters. The number of carbonyl (C=O) groups is 1. The van der Waals surface area contributed by atoms with Crippen molar-refractivity contribution in [1.82, 2.24) is 15.1 Å². The van der Waals surface area contributed by atoms with Crippen LogP contribution in [0.2, 0.25) is 0 Å². The number of nitrogens with one attached hydrogen (secondary N) is 2. The molecule has 1 aliphatic carbocycles. The van der Waals surface area contributed by atoms with Crippen LogP contribution in [0, 0.1) is 6.92 Å². The number of thiophene rings is 1. The van der Waals surface area contributed by atoms with E-state index >= 15 is 0 Å². The van der Waals surface area contributed by atoms with Crippen LogP contribution in [0.15, 0.2) is 4.47 Å². The van der Waals surface area contributed by atoms with Gasteiger partial charge in [0, 0.05) is 18.0 Å². The minimum absolute atomic E-state index is 0.0405. The molecular formula is C18H20BrF3N4O2S2. The van der Waals surface area contributed by atoms with Crippen LogP contribution in [-0.4, -0.2) is 34.5 Å². The molecular weight excluding hydrogens is 505 g/mol. The predicted molar refractivity (Wildman–Crippen MR) is 116 cm³/mol. The van der Waals surface area contributed by atoms with E-state index in [1.54, 1.807) is 6.92 Å². The molecule has 6 nitrogen and oxygen atoms in total. The summed E-state index contributed by atoms with van der Waals surface area (Å²) in [4.78, 5) is 13.3. The van der Waals surface area contributed by atoms with Gasteiger partial charge in [0.25, 0.3) is 0 Å². The molecule has 0 spiro atoms. The Morgan fingerprint density at radius 1 is 1.40 bits per heavy atom. The number of ether oxygens (including phenoxy) is 1. The molecule has 30 heavy (non-hydrogen) atoms. The number of hydrogen-bond donors (Lipinski definition) is 2. The number of aryl methyl sites for hydroxylation is 2. The van der Waals surface area contributed by atoms with E-state index in [0.717, 1.165) is 24.8 Å². The van der Waals surface area contributed by atoms with Crippen molar-refractivity contribution in [2.45, 2.75) is 45.3 Å². The summed E-state index contributed by atoms with van der Waals surface area (Å²) in [5, 5.41) is 10.7. The zero-order valence-corrected chi connectivity index (χ0v) is 19.5. The van der Waals surface area contributed by atoms with E-state index in [-0.39, 0.29) is 10.4 Å². The molecule has 0 aromatic carbocycles. The number of hydrogen-bond acceptors (Lipinski definition) is 5. The average molecular weight is 525 g/mol. The quantitative estimate of drug-likeness (QED) is 0.324. The second-order valence-corrected chi connectivity index (χ2v) is 9.06. The van der Waals surface area contributed by atoms with E-state index in [1.807, 2.05) is 0 Å². The number of nitrogens with zero attached hydrogens (tertiary/aromatic N) is 2. The van der Waals surface area contributed by atoms with E-state index < -0.39 is 11.9 Å². The van der Waals surface area contributed by atoms with Crippen LogP contribution in [0.4, 0.5) is 18.2 Å². The van der Waals surface area contributed by atoms with Crippen LogP contribution in [0.3, 0.4) is 0 Å². The minimum Gasteiger partial charge on any atom is -0.465 e. The van der Waals surface area contributed by atoms with Gasteiger partial charge in [-0.3, -0.25) is 4.68 Å². The van der Waals surface area contributed by atoms with Crippen LogP contribution >= 0.6 is 39.5 Å². The highest BCUT2D eigenvalue weighted by molar-refractivity contribution is 9.10. The van der Waals surface area contributed by atoms with Crippen LogP contribution < -0.4 is 10.6 Å². The van der Waals surface area contributed by atoms with Crippen molar-refractivity contribution in [2.75, 3.05) is 19.0 Å². The molecule has 0 saturated carbocycles. The largest absolute Gasteiger partial charge is 0.465 e. The van der Waals surface area contributed by atoms with Gasteiger partial charge in [-0.2, -0.15) is 18.3 Å². The van der Waals surface area contributed by atoms with Crippen molar-refractivity contribution in [1.29, 1.82) is 0 Å². The maximum absolute atomic E-state index is 12.9. The van der Waals surface area contributed by atoms with Crippen LogP contribution in [-0.2, 0) is 30.3 Å². The third kappa shape index (κ3) is 4.80. The van der Waals surface area contributed by atoms with Crippen molar-refractivity contribution in [3.05, 3.63) is 31.9 Å². The van der Waals surface area contributed by atoms with Crippen LogP contribution in [0.1, 0.15) is 45.0 Å². The molecule has 164 valence electrons. The van der Waals surface area contributed by atoms with Crippen molar-refractivity contribution >= 4 is 55.6 Å². The van der Waals surface area contributed by atoms with E-state index in [0.29, 0.717) is 40.9 Å². The third-order valence-electron chi connectivity index (χ3n) is 4.77. The maximum Gasteiger partial charge on any atom is 0.436 e. The fraction of sp³-hybridized carbons (Fsp3) is 0.500. The lowest BCUT2D eigenvalue weighted by Gasteiger charge is -2.11. The first kappa shape index (κ1) is 23.0. The summed E-state index contributed by atoms with van der Waals surface area (Å²) in [7, 11) is 1.35. The van der Waals surface area contributed by atoms with Gasteiger partial charge in [0.15, 0.2) is 10.8 Å². The van der Waals surface area contributed by atoms with Gasteiger partial charge >= 0.3 is 12.1 Å². The summed E-state index contributed by atoms with van der Waals surface area (Å²) in [5.41, 5.74) is 1.05.